The third-order valence-electron chi connectivity index (χ3n) is 2.87. The number of aliphatic hydroxyl groups is 1. The van der Waals surface area contributed by atoms with Crippen molar-refractivity contribution in [3.8, 4) is 0 Å². The minimum atomic E-state index is -2.43. The molecule has 0 spiro atoms. The van der Waals surface area contributed by atoms with Gasteiger partial charge in [0.1, 0.15) is 0 Å². The van der Waals surface area contributed by atoms with Crippen LogP contribution in [0.25, 0.3) is 0 Å². The average Bonchev–Trinajstić information content (AvgIpc) is 2.35. The van der Waals surface area contributed by atoms with Crippen LogP contribution in [0.15, 0.2) is 24.3 Å². The summed E-state index contributed by atoms with van der Waals surface area (Å²) < 4.78 is 25.3. The molecule has 3 nitrogen and oxygen atoms in total. The molecule has 0 aromatic heterocycles. The molecule has 0 unspecified atom stereocenters. The normalized spacial score (nSPS) is 11.9. The monoisotopic (exact) mass is 286 g/mol. The Morgan fingerprint density at radius 1 is 1.25 bits per heavy atom. The molecule has 1 rings (SSSR count). The lowest BCUT2D eigenvalue weighted by molar-refractivity contribution is 0.152. The molecular formula is C15H24F2N2O. The molecule has 20 heavy (non-hydrogen) atoms. The summed E-state index contributed by atoms with van der Waals surface area (Å²) in [7, 11) is 0. The molecule has 0 radical (unpaired) electrons. The summed E-state index contributed by atoms with van der Waals surface area (Å²) in [4.78, 5) is 1.53. The number of hydrogen-bond donors (Lipinski definition) is 2. The number of anilines is 1. The molecule has 2 N–H and O–H groups in total. The van der Waals surface area contributed by atoms with E-state index >= 15 is 0 Å². The van der Waals surface area contributed by atoms with Crippen molar-refractivity contribution in [1.82, 2.24) is 5.32 Å². The van der Waals surface area contributed by atoms with E-state index in [9.17, 15) is 8.78 Å². The van der Waals surface area contributed by atoms with E-state index in [1.54, 1.807) is 0 Å². The predicted octanol–water partition coefficient (Wildman–Crippen LogP) is 2.64. The summed E-state index contributed by atoms with van der Waals surface area (Å²) >= 11 is 0. The summed E-state index contributed by atoms with van der Waals surface area (Å²) in [6.07, 6.45) is -2.43. The number of benzene rings is 1. The first kappa shape index (κ1) is 16.9. The highest BCUT2D eigenvalue weighted by Crippen LogP contribution is 2.21. The third kappa shape index (κ3) is 5.84. The SMILES string of the molecule is CC(C)(C)NCc1ccccc1N(CCO)CC(F)F. The van der Waals surface area contributed by atoms with Crippen LogP contribution < -0.4 is 10.2 Å². The third-order valence-corrected chi connectivity index (χ3v) is 2.87. The Balaban J connectivity index is 2.90. The number of nitrogens with one attached hydrogen (secondary N) is 1. The van der Waals surface area contributed by atoms with Gasteiger partial charge >= 0.3 is 0 Å². The second-order valence-electron chi connectivity index (χ2n) is 5.79. The minimum absolute atomic E-state index is 0.0440. The topological polar surface area (TPSA) is 35.5 Å². The zero-order chi connectivity index (χ0) is 15.2. The summed E-state index contributed by atoms with van der Waals surface area (Å²) in [6, 6.07) is 7.45. The number of alkyl halides is 2. The van der Waals surface area contributed by atoms with Crippen LogP contribution >= 0.6 is 0 Å². The molecular weight excluding hydrogens is 262 g/mol. The van der Waals surface area contributed by atoms with Gasteiger partial charge in [0.15, 0.2) is 0 Å². The van der Waals surface area contributed by atoms with Gasteiger partial charge in [-0.1, -0.05) is 18.2 Å². The fourth-order valence-electron chi connectivity index (χ4n) is 1.93. The number of halogens is 2. The summed E-state index contributed by atoms with van der Waals surface area (Å²) in [5.74, 6) is 0. The number of hydrogen-bond acceptors (Lipinski definition) is 3. The Hall–Kier alpha value is -1.20. The van der Waals surface area contributed by atoms with Crippen LogP contribution in [0.1, 0.15) is 26.3 Å². The molecule has 0 fully saturated rings. The molecule has 0 saturated heterocycles. The highest BCUT2D eigenvalue weighted by molar-refractivity contribution is 5.53. The maximum absolute atomic E-state index is 12.7. The second kappa shape index (κ2) is 7.55. The smallest absolute Gasteiger partial charge is 0.255 e. The molecule has 0 saturated carbocycles. The van der Waals surface area contributed by atoms with Gasteiger partial charge in [0.25, 0.3) is 6.43 Å². The van der Waals surface area contributed by atoms with Crippen molar-refractivity contribution in [2.45, 2.75) is 39.3 Å². The van der Waals surface area contributed by atoms with Gasteiger partial charge in [0, 0.05) is 24.3 Å². The summed E-state index contributed by atoms with van der Waals surface area (Å²) in [5, 5.41) is 12.4. The molecule has 0 aliphatic heterocycles. The summed E-state index contributed by atoms with van der Waals surface area (Å²) in [5.41, 5.74) is 1.66. The Kier molecular flexibility index (Phi) is 6.36. The van der Waals surface area contributed by atoms with Crippen molar-refractivity contribution >= 4 is 5.69 Å². The molecule has 0 heterocycles. The lowest BCUT2D eigenvalue weighted by atomic mass is 10.1. The van der Waals surface area contributed by atoms with E-state index in [0.717, 1.165) is 11.3 Å². The first-order valence-corrected chi connectivity index (χ1v) is 6.80. The zero-order valence-corrected chi connectivity index (χ0v) is 12.4. The van der Waals surface area contributed by atoms with E-state index in [1.165, 1.54) is 4.90 Å². The van der Waals surface area contributed by atoms with Gasteiger partial charge in [-0.3, -0.25) is 0 Å². The van der Waals surface area contributed by atoms with Gasteiger partial charge in [-0.25, -0.2) is 8.78 Å². The molecule has 5 heteroatoms. The van der Waals surface area contributed by atoms with Crippen LogP contribution in [0.4, 0.5) is 14.5 Å². The largest absolute Gasteiger partial charge is 0.395 e. The number of rotatable bonds is 7. The van der Waals surface area contributed by atoms with Crippen LogP contribution in [-0.2, 0) is 6.54 Å². The van der Waals surface area contributed by atoms with Crippen molar-refractivity contribution in [2.24, 2.45) is 0 Å². The standard InChI is InChI=1S/C15H24F2N2O/c1-15(2,3)18-10-12-6-4-5-7-13(12)19(8-9-20)11-14(16)17/h4-7,14,18,20H,8-11H2,1-3H3. The van der Waals surface area contributed by atoms with Gasteiger partial charge in [0.2, 0.25) is 0 Å². The highest BCUT2D eigenvalue weighted by Gasteiger charge is 2.16. The highest BCUT2D eigenvalue weighted by atomic mass is 19.3. The average molecular weight is 286 g/mol. The van der Waals surface area contributed by atoms with Crippen LogP contribution in [0.2, 0.25) is 0 Å². The fraction of sp³-hybridized carbons (Fsp3) is 0.600. The van der Waals surface area contributed by atoms with E-state index in [4.69, 9.17) is 5.11 Å². The van der Waals surface area contributed by atoms with Crippen LogP contribution in [0.5, 0.6) is 0 Å². The summed E-state index contributed by atoms with van der Waals surface area (Å²) in [6.45, 7) is 6.46. The number of aliphatic hydroxyl groups excluding tert-OH is 1. The number of nitrogens with zero attached hydrogens (tertiary/aromatic N) is 1. The first-order valence-electron chi connectivity index (χ1n) is 6.80. The first-order chi connectivity index (χ1) is 9.33. The molecule has 1 aromatic rings. The van der Waals surface area contributed by atoms with E-state index in [2.05, 4.69) is 26.1 Å². The maximum Gasteiger partial charge on any atom is 0.255 e. The zero-order valence-electron chi connectivity index (χ0n) is 12.4. The molecule has 0 amide bonds. The Labute approximate surface area is 119 Å². The fourth-order valence-corrected chi connectivity index (χ4v) is 1.93. The lowest BCUT2D eigenvalue weighted by Crippen LogP contribution is -2.37. The van der Waals surface area contributed by atoms with Crippen molar-refractivity contribution in [3.63, 3.8) is 0 Å². The minimum Gasteiger partial charge on any atom is -0.395 e. The van der Waals surface area contributed by atoms with Crippen molar-refractivity contribution < 1.29 is 13.9 Å². The maximum atomic E-state index is 12.7. The Morgan fingerprint density at radius 2 is 1.90 bits per heavy atom. The molecule has 0 aliphatic rings. The van der Waals surface area contributed by atoms with Gasteiger partial charge in [-0.2, -0.15) is 0 Å². The van der Waals surface area contributed by atoms with Crippen molar-refractivity contribution in [2.75, 3.05) is 24.6 Å². The molecule has 0 atom stereocenters. The van der Waals surface area contributed by atoms with Gasteiger partial charge in [0.05, 0.1) is 13.2 Å². The van der Waals surface area contributed by atoms with E-state index < -0.39 is 6.43 Å². The van der Waals surface area contributed by atoms with E-state index in [-0.39, 0.29) is 25.2 Å². The Morgan fingerprint density at radius 3 is 2.45 bits per heavy atom. The molecule has 1 aromatic carbocycles. The van der Waals surface area contributed by atoms with Crippen LogP contribution in [-0.4, -0.2) is 36.8 Å². The van der Waals surface area contributed by atoms with E-state index in [0.29, 0.717) is 6.54 Å². The van der Waals surface area contributed by atoms with Crippen LogP contribution in [0, 0.1) is 0 Å². The Bertz CT molecular complexity index is 405. The molecule has 0 aliphatic carbocycles. The van der Waals surface area contributed by atoms with Gasteiger partial charge in [-0.05, 0) is 32.4 Å². The second-order valence-corrected chi connectivity index (χ2v) is 5.79. The molecule has 114 valence electrons. The van der Waals surface area contributed by atoms with Gasteiger partial charge < -0.3 is 15.3 Å². The van der Waals surface area contributed by atoms with Crippen molar-refractivity contribution in [3.05, 3.63) is 29.8 Å². The molecule has 0 bridgehead atoms. The van der Waals surface area contributed by atoms with E-state index in [1.807, 2.05) is 24.3 Å². The van der Waals surface area contributed by atoms with Gasteiger partial charge in [-0.15, -0.1) is 0 Å². The quantitative estimate of drug-likeness (QED) is 0.809. The lowest BCUT2D eigenvalue weighted by Gasteiger charge is -2.28. The number of para-hydroxylation sites is 1. The predicted molar refractivity (Wildman–Crippen MR) is 78.3 cm³/mol. The van der Waals surface area contributed by atoms with Crippen molar-refractivity contribution in [1.29, 1.82) is 0 Å². The van der Waals surface area contributed by atoms with Crippen LogP contribution in [0.3, 0.4) is 0 Å².